The minimum Gasteiger partial charge on any atom is -0.683 e. The minimum atomic E-state index is -5.06. The number of hydrogen-bond donors (Lipinski definition) is 11. The molecule has 0 saturated carbocycles. The average Bonchev–Trinajstić information content (AvgIpc) is 1.53. The summed E-state index contributed by atoms with van der Waals surface area (Å²) in [6.45, 7) is 24.2. The monoisotopic (exact) mass is 1540 g/mol. The fraction of sp³-hybridized carbons (Fsp3) is 0.639. The van der Waals surface area contributed by atoms with E-state index in [4.69, 9.17) is 75.2 Å². The summed E-state index contributed by atoms with van der Waals surface area (Å²) in [5, 5.41) is 47.0. The second kappa shape index (κ2) is 33.1. The van der Waals surface area contributed by atoms with Crippen LogP contribution in [-0.4, -0.2) is 153 Å². The molecule has 0 aliphatic carbocycles. The van der Waals surface area contributed by atoms with Crippen LogP contribution in [0.2, 0.25) is 0 Å². The maximum Gasteiger partial charge on any atom is 2.00 e. The van der Waals surface area contributed by atoms with E-state index in [0.717, 1.165) is 42.6 Å². The van der Waals surface area contributed by atoms with E-state index < -0.39 is 161 Å². The number of nitrogens with one attached hydrogen (secondary N) is 1. The number of imidazole rings is 2. The quantitative estimate of drug-likeness (QED) is 0.0156. The molecule has 7 amide bonds. The molecule has 4 aromatic rings. The van der Waals surface area contributed by atoms with Gasteiger partial charge in [0.1, 0.15) is 30.2 Å². The summed E-state index contributed by atoms with van der Waals surface area (Å²) in [6.07, 6.45) is 2.41. The van der Waals surface area contributed by atoms with Crippen LogP contribution in [0.25, 0.3) is 43.5 Å². The summed E-state index contributed by atoms with van der Waals surface area (Å²) in [7, 11) is -5.06. The number of benzene rings is 1. The number of hydrogen-bond acceptors (Lipinski definition) is 18. The number of rotatable bonds is 30. The van der Waals surface area contributed by atoms with Crippen LogP contribution in [0.1, 0.15) is 170 Å². The molecule has 585 valence electrons. The zero-order valence-electron chi connectivity index (χ0n) is 62.3. The Morgan fingerprint density at radius 3 is 2.00 bits per heavy atom. The van der Waals surface area contributed by atoms with Crippen LogP contribution in [0, 0.1) is 66.1 Å². The molecular weight excluding hydrogens is 1430 g/mol. The molecule has 18 N–H and O–H groups in total. The van der Waals surface area contributed by atoms with Crippen molar-refractivity contribution in [2.45, 2.75) is 233 Å². The van der Waals surface area contributed by atoms with Gasteiger partial charge in [-0.3, -0.25) is 42.6 Å². The molecule has 5 fully saturated rings. The van der Waals surface area contributed by atoms with E-state index in [1.54, 1.807) is 10.9 Å². The van der Waals surface area contributed by atoms with Crippen LogP contribution in [-0.2, 0) is 75.2 Å². The van der Waals surface area contributed by atoms with Gasteiger partial charge in [0.15, 0.2) is 17.7 Å². The topological polar surface area (TPSA) is 537 Å². The van der Waals surface area contributed by atoms with E-state index in [1.807, 2.05) is 92.0 Å². The number of aryl methyl sites for hydroxylation is 3. The van der Waals surface area contributed by atoms with Gasteiger partial charge < -0.3 is 103 Å². The number of aliphatic hydroxyl groups excluding tert-OH is 2. The van der Waals surface area contributed by atoms with E-state index in [9.17, 15) is 53.2 Å². The standard InChI is InChI=1S/C62H92N13O14P.C10H14N5.Co/c1-29-20-39-40(21-30(29)2)75(28-70-39)57-52(84)53(41(27-76)87-57)89-90(85,86)88-31(3)26-69-49(83)18-19-59(8)37(22-46(66)80)56-62(11)61(10,25-48(68)82)36(14-17-45(65)79)51(74-62)33(5)55-60(9,24-47(67)81)34(12-15-43(63)77)38(71-55)23-42-58(6,7)35(13-16-44(64)78)50(72-42)32(4)54(59)73-56;1-2-3-4-5-15-7-14-8-9(11)12-6-13-10(8)15;/h20-21,23,28,31,34-37,41-42,52-57,76,84H,12-19,22,24-27H2,1-11H3,(H2,63,77)(H2,64,78)(H2,65,79)(H2,66,80)(H2,67,81)(H2,68,82)(H,69,83)(H,85,86);6-7H,1-5H2,(H2,11,12,13);/q-4;-1;+2/b38-23-,50-32-,51-33-;;/t31-,34-,35-,36-,37+,41-,42?,52-,53-,54?,55+,56-,57+,59-,60+,61+,62+;;/m1../s1. The fourth-order valence-corrected chi connectivity index (χ4v) is 18.7. The number of phosphoric acid groups is 1. The molecule has 32 nitrogen and oxygen atoms in total. The van der Waals surface area contributed by atoms with Gasteiger partial charge in [-0.2, -0.15) is 23.5 Å². The van der Waals surface area contributed by atoms with Crippen molar-refractivity contribution in [3.63, 3.8) is 0 Å². The summed E-state index contributed by atoms with van der Waals surface area (Å²) in [6, 6.07) is 0.374. The predicted octanol–water partition coefficient (Wildman–Crippen LogP) is 6.26. The van der Waals surface area contributed by atoms with Crippen molar-refractivity contribution in [3.05, 3.63) is 105 Å². The van der Waals surface area contributed by atoms with Crippen LogP contribution in [0.5, 0.6) is 0 Å². The zero-order valence-corrected chi connectivity index (χ0v) is 64.3. The van der Waals surface area contributed by atoms with Crippen LogP contribution >= 0.6 is 7.82 Å². The van der Waals surface area contributed by atoms with E-state index in [0.29, 0.717) is 50.6 Å². The van der Waals surface area contributed by atoms with Gasteiger partial charge in [0.05, 0.1) is 36.4 Å². The first-order valence-electron chi connectivity index (χ1n) is 35.9. The molecule has 6 aliphatic heterocycles. The van der Waals surface area contributed by atoms with Crippen molar-refractivity contribution in [2.24, 2.45) is 79.7 Å². The molecule has 1 aromatic carbocycles. The predicted molar refractivity (Wildman–Crippen MR) is 392 cm³/mol. The zero-order chi connectivity index (χ0) is 77.4. The molecule has 10 rings (SSSR count). The number of fused-ring (bicyclic) bond motifs is 11. The number of anilines is 1. The number of allylic oxidation sites excluding steroid dienone is 3. The summed E-state index contributed by atoms with van der Waals surface area (Å²) < 4.78 is 34.3. The number of aliphatic hydroxyl groups is 2. The van der Waals surface area contributed by atoms with Gasteiger partial charge in [0.2, 0.25) is 41.4 Å². The maximum absolute atomic E-state index is 14.4. The Labute approximate surface area is 628 Å². The van der Waals surface area contributed by atoms with Crippen LogP contribution in [0.4, 0.5) is 5.82 Å². The molecule has 0 spiro atoms. The van der Waals surface area contributed by atoms with Gasteiger partial charge in [-0.15, -0.1) is 34.8 Å². The Morgan fingerprint density at radius 1 is 0.764 bits per heavy atom. The van der Waals surface area contributed by atoms with Crippen molar-refractivity contribution in [3.8, 4) is 0 Å². The number of nitrogens with two attached hydrogens (primary N) is 7. The van der Waals surface area contributed by atoms with Gasteiger partial charge in [-0.05, 0) is 135 Å². The van der Waals surface area contributed by atoms with E-state index in [-0.39, 0.29) is 94.0 Å². The number of amides is 7. The van der Waals surface area contributed by atoms with E-state index in [2.05, 4.69) is 32.2 Å². The van der Waals surface area contributed by atoms with Crippen molar-refractivity contribution in [2.75, 3.05) is 18.9 Å². The van der Waals surface area contributed by atoms with E-state index >= 15 is 0 Å². The molecule has 18 atom stereocenters. The molecular formula is C72H106CoN18O14P-3. The number of carbonyl (C=O) groups excluding carboxylic acids is 7. The van der Waals surface area contributed by atoms with Crippen molar-refractivity contribution < 1.29 is 83.8 Å². The number of primary amides is 6. The Balaban J connectivity index is 0.000000783. The number of phosphoric ester groups is 1. The molecule has 34 heteroatoms. The van der Waals surface area contributed by atoms with Crippen molar-refractivity contribution in [1.82, 2.24) is 34.4 Å². The first kappa shape index (κ1) is 84.0. The fourth-order valence-electron chi connectivity index (χ4n) is 17.6. The second-order valence-corrected chi connectivity index (χ2v) is 32.4. The number of nitrogen functional groups attached to an aromatic ring is 1. The summed E-state index contributed by atoms with van der Waals surface area (Å²) in [4.78, 5) is 121. The number of carbonyl (C=O) groups is 7. The molecule has 8 bridgehead atoms. The number of unbranched alkanes of at least 4 members (excludes halogenated alkanes) is 2. The molecule has 3 unspecified atom stereocenters. The Morgan fingerprint density at radius 2 is 1.39 bits per heavy atom. The third kappa shape index (κ3) is 17.0. The third-order valence-corrected chi connectivity index (χ3v) is 24.6. The Hall–Kier alpha value is -7.59. The Bertz CT molecular complexity index is 4130. The minimum absolute atomic E-state index is 0. The molecule has 9 heterocycles. The van der Waals surface area contributed by atoms with Gasteiger partial charge in [0.25, 0.3) is 0 Å². The first-order valence-corrected chi connectivity index (χ1v) is 37.4. The molecule has 1 radical (unpaired) electrons. The summed E-state index contributed by atoms with van der Waals surface area (Å²) >= 11 is 0. The van der Waals surface area contributed by atoms with Gasteiger partial charge in [-0.25, -0.2) is 24.5 Å². The van der Waals surface area contributed by atoms with Gasteiger partial charge in [0, 0.05) is 58.0 Å². The third-order valence-electron chi connectivity index (χ3n) is 23.5. The summed E-state index contributed by atoms with van der Waals surface area (Å²) in [5.74, 6) is -6.55. The average molecular weight is 1540 g/mol. The smallest absolute Gasteiger partial charge is 0.683 e. The normalized spacial score (nSPS) is 32.7. The first-order chi connectivity index (χ1) is 49.2. The molecule has 6 aliphatic rings. The summed E-state index contributed by atoms with van der Waals surface area (Å²) in [5.41, 5.74) is 43.5. The van der Waals surface area contributed by atoms with Gasteiger partial charge in [-0.1, -0.05) is 60.0 Å². The number of aromatic nitrogens is 6. The number of ether oxygens (including phenoxy) is 1. The SMILES string of the molecule is C/C1=C2/[N-]C(/C=C3\[N-][C@@H](/C(C)=C4\[N-][C@@](C)([C@@H]5[N-]C1[C@](C)(CCC(=O)NC[C@@H](C)OP(=O)(O)O[C@H]1[C@@H](O)[C@@H](n6cnc7cc(C)c(C)cc76)O[C@@H]1CO)[C@H]5CC(N)=O)[C@@](C)(CC(N)=O)[C@@H]4CCC(N)=O)[C@@](C)(CC(N)=O)[C@@H]3CCC(N)=O)C(C)(C)[C@@H]2CCC(N)=O.[CH2-]CCCCn1cnc2c(N)ncnc21.[Co+2]. The number of nitrogens with zero attached hydrogens (tertiary/aromatic N) is 10. The molecule has 3 aromatic heterocycles. The van der Waals surface area contributed by atoms with Crippen molar-refractivity contribution in [1.29, 1.82) is 0 Å². The largest absolute Gasteiger partial charge is 2.00 e. The van der Waals surface area contributed by atoms with Crippen LogP contribution < -0.4 is 45.5 Å². The van der Waals surface area contributed by atoms with E-state index in [1.165, 1.54) is 19.6 Å². The van der Waals surface area contributed by atoms with Gasteiger partial charge >= 0.3 is 24.6 Å². The van der Waals surface area contributed by atoms with Crippen molar-refractivity contribution >= 4 is 77.2 Å². The van der Waals surface area contributed by atoms with Crippen LogP contribution in [0.3, 0.4) is 0 Å². The second-order valence-electron chi connectivity index (χ2n) is 31.1. The van der Waals surface area contributed by atoms with Crippen LogP contribution in [0.15, 0.2) is 65.4 Å². The molecule has 106 heavy (non-hydrogen) atoms. The molecule has 5 saturated heterocycles. The maximum atomic E-state index is 14.4. The Kier molecular flexibility index (Phi) is 26.2.